The van der Waals surface area contributed by atoms with Gasteiger partial charge in [-0.05, 0) is 48.5 Å². The zero-order valence-corrected chi connectivity index (χ0v) is 18.5. The lowest BCUT2D eigenvalue weighted by Gasteiger charge is -2.13. The van der Waals surface area contributed by atoms with Gasteiger partial charge < -0.3 is 20.1 Å². The van der Waals surface area contributed by atoms with Crippen molar-refractivity contribution < 1.29 is 19.1 Å². The standard InChI is InChI=1S/C23H21ClN2O4S/c1-29-19-10-5-11-20(30-2)22(19)23(28)26-17-8-4-9-18(13-17)31-14-21(27)25-16-7-3-6-15(24)12-16/h3-13H,14H2,1-2H3,(H,25,27)(H,26,28). The van der Waals surface area contributed by atoms with Crippen LogP contribution in [0.2, 0.25) is 5.02 Å². The minimum atomic E-state index is -0.352. The summed E-state index contributed by atoms with van der Waals surface area (Å²) in [6, 6.07) is 19.4. The molecule has 0 heterocycles. The SMILES string of the molecule is COc1cccc(OC)c1C(=O)Nc1cccc(SCC(=O)Nc2cccc(Cl)c2)c1. The predicted molar refractivity (Wildman–Crippen MR) is 125 cm³/mol. The van der Waals surface area contributed by atoms with Crippen molar-refractivity contribution in [1.29, 1.82) is 0 Å². The molecule has 3 aromatic carbocycles. The molecule has 0 aliphatic heterocycles. The lowest BCUT2D eigenvalue weighted by Crippen LogP contribution is -2.15. The van der Waals surface area contributed by atoms with E-state index in [1.54, 1.807) is 54.6 Å². The first-order valence-corrected chi connectivity index (χ1v) is 10.7. The van der Waals surface area contributed by atoms with Crippen LogP contribution in [0.25, 0.3) is 0 Å². The van der Waals surface area contributed by atoms with Crippen molar-refractivity contribution in [3.05, 3.63) is 77.3 Å². The molecule has 6 nitrogen and oxygen atoms in total. The first kappa shape index (κ1) is 22.5. The Kier molecular flexibility index (Phi) is 7.81. The molecular formula is C23H21ClN2O4S. The number of thioether (sulfide) groups is 1. The number of carbonyl (C=O) groups is 2. The smallest absolute Gasteiger partial charge is 0.263 e. The third-order valence-corrected chi connectivity index (χ3v) is 5.45. The van der Waals surface area contributed by atoms with E-state index in [-0.39, 0.29) is 17.6 Å². The van der Waals surface area contributed by atoms with E-state index in [1.807, 2.05) is 12.1 Å². The van der Waals surface area contributed by atoms with Gasteiger partial charge in [0.1, 0.15) is 17.1 Å². The van der Waals surface area contributed by atoms with Gasteiger partial charge in [-0.15, -0.1) is 11.8 Å². The van der Waals surface area contributed by atoms with E-state index in [0.717, 1.165) is 4.90 Å². The first-order valence-electron chi connectivity index (χ1n) is 9.31. The van der Waals surface area contributed by atoms with Crippen LogP contribution >= 0.6 is 23.4 Å². The van der Waals surface area contributed by atoms with Crippen molar-refractivity contribution in [3.63, 3.8) is 0 Å². The molecule has 0 aliphatic rings. The van der Waals surface area contributed by atoms with Gasteiger partial charge in [-0.3, -0.25) is 9.59 Å². The number of methoxy groups -OCH3 is 2. The van der Waals surface area contributed by atoms with E-state index in [2.05, 4.69) is 10.6 Å². The summed E-state index contributed by atoms with van der Waals surface area (Å²) in [5, 5.41) is 6.22. The maximum atomic E-state index is 12.8. The Morgan fingerprint density at radius 1 is 0.871 bits per heavy atom. The second kappa shape index (κ2) is 10.7. The molecule has 8 heteroatoms. The number of ether oxygens (including phenoxy) is 2. The van der Waals surface area contributed by atoms with Crippen LogP contribution in [0.3, 0.4) is 0 Å². The van der Waals surface area contributed by atoms with Gasteiger partial charge in [0.05, 0.1) is 20.0 Å². The molecule has 0 saturated heterocycles. The third-order valence-electron chi connectivity index (χ3n) is 4.23. The van der Waals surface area contributed by atoms with Crippen LogP contribution in [0.1, 0.15) is 10.4 Å². The molecule has 160 valence electrons. The molecule has 0 aliphatic carbocycles. The van der Waals surface area contributed by atoms with Gasteiger partial charge in [0.25, 0.3) is 5.91 Å². The monoisotopic (exact) mass is 456 g/mol. The van der Waals surface area contributed by atoms with Gasteiger partial charge in [0.2, 0.25) is 5.91 Å². The van der Waals surface area contributed by atoms with Crippen LogP contribution < -0.4 is 20.1 Å². The third kappa shape index (κ3) is 6.16. The Balaban J connectivity index is 1.64. The Hall–Kier alpha value is -3.16. The number of hydrogen-bond acceptors (Lipinski definition) is 5. The summed E-state index contributed by atoms with van der Waals surface area (Å²) in [4.78, 5) is 25.9. The summed E-state index contributed by atoms with van der Waals surface area (Å²) in [5.74, 6) is 0.542. The summed E-state index contributed by atoms with van der Waals surface area (Å²) in [7, 11) is 2.99. The van der Waals surface area contributed by atoms with Gasteiger partial charge in [-0.25, -0.2) is 0 Å². The van der Waals surface area contributed by atoms with Gasteiger partial charge in [-0.2, -0.15) is 0 Å². The molecule has 3 aromatic rings. The Bertz CT molecular complexity index is 1070. The molecule has 2 amide bonds. The summed E-state index contributed by atoms with van der Waals surface area (Å²) in [6.45, 7) is 0. The van der Waals surface area contributed by atoms with Gasteiger partial charge in [0.15, 0.2) is 0 Å². The van der Waals surface area contributed by atoms with Crippen molar-refractivity contribution >= 4 is 46.6 Å². The Morgan fingerprint density at radius 3 is 2.13 bits per heavy atom. The maximum absolute atomic E-state index is 12.8. The van der Waals surface area contributed by atoms with Gasteiger partial charge >= 0.3 is 0 Å². The van der Waals surface area contributed by atoms with E-state index in [1.165, 1.54) is 26.0 Å². The van der Waals surface area contributed by atoms with Crippen molar-refractivity contribution in [3.8, 4) is 11.5 Å². The molecule has 0 radical (unpaired) electrons. The van der Waals surface area contributed by atoms with Crippen LogP contribution in [0.5, 0.6) is 11.5 Å². The number of benzene rings is 3. The minimum absolute atomic E-state index is 0.152. The summed E-state index contributed by atoms with van der Waals surface area (Å²) >= 11 is 7.29. The highest BCUT2D eigenvalue weighted by atomic mass is 35.5. The number of rotatable bonds is 8. The molecule has 0 atom stereocenters. The van der Waals surface area contributed by atoms with Gasteiger partial charge in [0, 0.05) is 21.3 Å². The van der Waals surface area contributed by atoms with E-state index in [0.29, 0.717) is 33.5 Å². The molecule has 2 N–H and O–H groups in total. The molecule has 0 spiro atoms. The molecule has 0 saturated carbocycles. The number of anilines is 2. The largest absolute Gasteiger partial charge is 0.496 e. The molecule has 0 bridgehead atoms. The second-order valence-corrected chi connectivity index (χ2v) is 7.85. The van der Waals surface area contributed by atoms with E-state index < -0.39 is 0 Å². The van der Waals surface area contributed by atoms with Crippen LogP contribution in [0, 0.1) is 0 Å². The Labute approximate surface area is 189 Å². The number of halogens is 1. The molecule has 0 fully saturated rings. The van der Waals surface area contributed by atoms with E-state index in [4.69, 9.17) is 21.1 Å². The fourth-order valence-electron chi connectivity index (χ4n) is 2.84. The quantitative estimate of drug-likeness (QED) is 0.447. The highest BCUT2D eigenvalue weighted by Crippen LogP contribution is 2.30. The maximum Gasteiger partial charge on any atom is 0.263 e. The molecule has 0 aromatic heterocycles. The number of nitrogens with one attached hydrogen (secondary N) is 2. The lowest BCUT2D eigenvalue weighted by atomic mass is 10.1. The average Bonchev–Trinajstić information content (AvgIpc) is 2.77. The lowest BCUT2D eigenvalue weighted by molar-refractivity contribution is -0.113. The second-order valence-electron chi connectivity index (χ2n) is 6.37. The van der Waals surface area contributed by atoms with E-state index >= 15 is 0 Å². The average molecular weight is 457 g/mol. The summed E-state index contributed by atoms with van der Waals surface area (Å²) in [6.07, 6.45) is 0. The highest BCUT2D eigenvalue weighted by Gasteiger charge is 2.18. The van der Waals surface area contributed by atoms with Gasteiger partial charge in [-0.1, -0.05) is 29.8 Å². The zero-order chi connectivity index (χ0) is 22.2. The first-order chi connectivity index (χ1) is 15.0. The topological polar surface area (TPSA) is 76.7 Å². The van der Waals surface area contributed by atoms with E-state index in [9.17, 15) is 9.59 Å². The molecule has 31 heavy (non-hydrogen) atoms. The Morgan fingerprint density at radius 2 is 1.48 bits per heavy atom. The predicted octanol–water partition coefficient (Wildman–Crippen LogP) is 5.34. The zero-order valence-electron chi connectivity index (χ0n) is 17.0. The van der Waals surface area contributed by atoms with Crippen molar-refractivity contribution in [2.45, 2.75) is 4.90 Å². The van der Waals surface area contributed by atoms with Crippen LogP contribution in [0.4, 0.5) is 11.4 Å². The summed E-state index contributed by atoms with van der Waals surface area (Å²) < 4.78 is 10.6. The van der Waals surface area contributed by atoms with Crippen LogP contribution in [-0.4, -0.2) is 31.8 Å². The van der Waals surface area contributed by atoms with Crippen molar-refractivity contribution in [1.82, 2.24) is 0 Å². The fourth-order valence-corrected chi connectivity index (χ4v) is 3.79. The summed E-state index contributed by atoms with van der Waals surface area (Å²) in [5.41, 5.74) is 1.55. The van der Waals surface area contributed by atoms with Crippen molar-refractivity contribution in [2.75, 3.05) is 30.6 Å². The van der Waals surface area contributed by atoms with Crippen LogP contribution in [-0.2, 0) is 4.79 Å². The normalized spacial score (nSPS) is 10.3. The number of amides is 2. The number of carbonyl (C=O) groups excluding carboxylic acids is 2. The number of hydrogen-bond donors (Lipinski definition) is 2. The van der Waals surface area contributed by atoms with Crippen molar-refractivity contribution in [2.24, 2.45) is 0 Å². The molecule has 0 unspecified atom stereocenters. The minimum Gasteiger partial charge on any atom is -0.496 e. The fraction of sp³-hybridized carbons (Fsp3) is 0.130. The highest BCUT2D eigenvalue weighted by molar-refractivity contribution is 8.00. The molecular weight excluding hydrogens is 436 g/mol. The molecule has 3 rings (SSSR count). The van der Waals surface area contributed by atoms with Crippen LogP contribution in [0.15, 0.2) is 71.6 Å².